The van der Waals surface area contributed by atoms with Gasteiger partial charge in [0.2, 0.25) is 8.32 Å². The zero-order valence-corrected chi connectivity index (χ0v) is 25.6. The second-order valence-corrected chi connectivity index (χ2v) is 21.3. The predicted octanol–water partition coefficient (Wildman–Crippen LogP) is 6.31. The minimum atomic E-state index is -2.07. The van der Waals surface area contributed by atoms with Crippen LogP contribution in [0.25, 0.3) is 0 Å². The summed E-state index contributed by atoms with van der Waals surface area (Å²) in [6.45, 7) is 27.9. The van der Waals surface area contributed by atoms with E-state index in [4.69, 9.17) is 13.7 Å². The first-order valence-corrected chi connectivity index (χ1v) is 18.8. The number of hydrogen-bond acceptors (Lipinski definition) is 3. The van der Waals surface area contributed by atoms with E-state index in [2.05, 4.69) is 135 Å². The topological polar surface area (TPSA) is 27.7 Å². The summed E-state index contributed by atoms with van der Waals surface area (Å²) in [5, 5.41) is 2.73. The summed E-state index contributed by atoms with van der Waals surface area (Å²) >= 11 is 0. The Balaban J connectivity index is 1.97. The van der Waals surface area contributed by atoms with Gasteiger partial charge in [-0.3, -0.25) is 0 Å². The van der Waals surface area contributed by atoms with Crippen LogP contribution in [0.15, 0.2) is 72.7 Å². The summed E-state index contributed by atoms with van der Waals surface area (Å²) in [6.07, 6.45) is 0. The number of allylic oxidation sites excluding steroid dienone is 1. The average molecular weight is 509 g/mol. The third kappa shape index (κ3) is 5.78. The molecule has 190 valence electrons. The molecular weight excluding hydrogens is 463 g/mol. The Kier molecular flexibility index (Phi) is 7.87. The standard InChI is InChI=1S/C29H45BO3Si2/c1-23(30-32-28(4,5)29(6,7)33-30)26(34(8,9)24-18-14-12-15-19-24)27(2,3)22-31-35(10,11)25-20-16-13-17-21-25/h12-21,26H,1,22H2,2-11H3/t26-/m1/s1. The molecule has 0 radical (unpaired) electrons. The molecule has 0 spiro atoms. The molecule has 35 heavy (non-hydrogen) atoms. The first-order valence-electron chi connectivity index (χ1n) is 12.8. The Hall–Kier alpha value is -1.44. The van der Waals surface area contributed by atoms with Crippen molar-refractivity contribution in [3.05, 3.63) is 72.7 Å². The van der Waals surface area contributed by atoms with Crippen LogP contribution in [0.3, 0.4) is 0 Å². The number of benzene rings is 2. The number of hydrogen-bond donors (Lipinski definition) is 0. The van der Waals surface area contributed by atoms with Gasteiger partial charge in [-0.15, -0.1) is 6.58 Å². The van der Waals surface area contributed by atoms with E-state index in [1.807, 2.05) is 0 Å². The monoisotopic (exact) mass is 508 g/mol. The molecular formula is C29H45BO3Si2. The lowest BCUT2D eigenvalue weighted by Crippen LogP contribution is -2.55. The second kappa shape index (κ2) is 9.79. The first-order chi connectivity index (χ1) is 16.0. The van der Waals surface area contributed by atoms with E-state index in [9.17, 15) is 0 Å². The van der Waals surface area contributed by atoms with Gasteiger partial charge in [0.15, 0.2) is 0 Å². The third-order valence-electron chi connectivity index (χ3n) is 8.22. The molecule has 0 bridgehead atoms. The van der Waals surface area contributed by atoms with Gasteiger partial charge in [-0.25, -0.2) is 0 Å². The highest BCUT2D eigenvalue weighted by Crippen LogP contribution is 2.49. The largest absolute Gasteiger partial charge is 0.489 e. The highest BCUT2D eigenvalue weighted by molar-refractivity contribution is 6.92. The number of rotatable bonds is 9. The smallest absolute Gasteiger partial charge is 0.412 e. The SMILES string of the molecule is C=C(B1OC(C)(C)C(C)(C)O1)[C@H](C(C)(C)CO[Si](C)(C)c1ccccc1)[Si](C)(C)c1ccccc1. The van der Waals surface area contributed by atoms with E-state index in [-0.39, 0.29) is 11.0 Å². The van der Waals surface area contributed by atoms with Gasteiger partial charge in [0.25, 0.3) is 0 Å². The van der Waals surface area contributed by atoms with Gasteiger partial charge in [-0.05, 0) is 62.4 Å². The van der Waals surface area contributed by atoms with Gasteiger partial charge >= 0.3 is 7.12 Å². The van der Waals surface area contributed by atoms with Gasteiger partial charge in [0.1, 0.15) is 0 Å². The second-order valence-electron chi connectivity index (χ2n) is 12.8. The van der Waals surface area contributed by atoms with Crippen LogP contribution in [-0.4, -0.2) is 41.3 Å². The maximum atomic E-state index is 6.83. The summed E-state index contributed by atoms with van der Waals surface area (Å²) < 4.78 is 19.9. The Labute approximate surface area is 216 Å². The van der Waals surface area contributed by atoms with Crippen molar-refractivity contribution < 1.29 is 13.7 Å². The van der Waals surface area contributed by atoms with E-state index in [1.54, 1.807) is 0 Å². The molecule has 0 aromatic heterocycles. The van der Waals surface area contributed by atoms with Crippen molar-refractivity contribution in [2.75, 3.05) is 6.61 Å². The predicted molar refractivity (Wildman–Crippen MR) is 156 cm³/mol. The van der Waals surface area contributed by atoms with Gasteiger partial charge in [0.05, 0.1) is 19.3 Å². The zero-order valence-electron chi connectivity index (χ0n) is 23.6. The van der Waals surface area contributed by atoms with Crippen molar-refractivity contribution in [2.45, 2.75) is 84.5 Å². The molecule has 0 N–H and O–H groups in total. The summed E-state index contributed by atoms with van der Waals surface area (Å²) in [5.74, 6) is 0. The van der Waals surface area contributed by atoms with E-state index in [0.29, 0.717) is 6.61 Å². The van der Waals surface area contributed by atoms with E-state index in [0.717, 1.165) is 5.47 Å². The van der Waals surface area contributed by atoms with Crippen LogP contribution >= 0.6 is 0 Å². The Bertz CT molecular complexity index is 1000. The van der Waals surface area contributed by atoms with Gasteiger partial charge in [-0.2, -0.15) is 0 Å². The lowest BCUT2D eigenvalue weighted by molar-refractivity contribution is 0.00578. The first kappa shape index (κ1) is 28.1. The minimum Gasteiger partial charge on any atom is -0.412 e. The van der Waals surface area contributed by atoms with Crippen LogP contribution in [0.5, 0.6) is 0 Å². The van der Waals surface area contributed by atoms with E-state index < -0.39 is 34.7 Å². The minimum absolute atomic E-state index is 0.161. The van der Waals surface area contributed by atoms with Gasteiger partial charge in [-0.1, -0.05) is 92.8 Å². The normalized spacial score (nSPS) is 19.0. The Morgan fingerprint density at radius 2 is 1.29 bits per heavy atom. The van der Waals surface area contributed by atoms with Gasteiger partial charge in [0, 0.05) is 6.61 Å². The van der Waals surface area contributed by atoms with Crippen molar-refractivity contribution in [2.24, 2.45) is 5.41 Å². The highest BCUT2D eigenvalue weighted by atomic mass is 28.4. The molecule has 0 aliphatic carbocycles. The summed E-state index contributed by atoms with van der Waals surface area (Å²) in [4.78, 5) is 0. The molecule has 1 atom stereocenters. The summed E-state index contributed by atoms with van der Waals surface area (Å²) in [6, 6.07) is 21.6. The van der Waals surface area contributed by atoms with Crippen LogP contribution in [0.1, 0.15) is 41.5 Å². The third-order valence-corrected chi connectivity index (χ3v) is 15.2. The maximum Gasteiger partial charge on any atom is 0.489 e. The average Bonchev–Trinajstić information content (AvgIpc) is 3.00. The highest BCUT2D eigenvalue weighted by Gasteiger charge is 2.56. The molecule has 3 rings (SSSR count). The molecule has 6 heteroatoms. The summed E-state index contributed by atoms with van der Waals surface area (Å²) in [7, 11) is -4.56. The molecule has 0 amide bonds. The van der Waals surface area contributed by atoms with Crippen LogP contribution in [-0.2, 0) is 13.7 Å². The molecule has 1 fully saturated rings. The zero-order chi connectivity index (χ0) is 26.3. The van der Waals surface area contributed by atoms with Crippen LogP contribution in [0.4, 0.5) is 0 Å². The molecule has 1 aliphatic heterocycles. The van der Waals surface area contributed by atoms with Gasteiger partial charge < -0.3 is 13.7 Å². The van der Waals surface area contributed by atoms with Crippen molar-refractivity contribution in [3.8, 4) is 0 Å². The fourth-order valence-electron chi connectivity index (χ4n) is 5.48. The molecule has 3 nitrogen and oxygen atoms in total. The quantitative estimate of drug-likeness (QED) is 0.371. The molecule has 1 saturated heterocycles. The molecule has 1 heterocycles. The van der Waals surface area contributed by atoms with Crippen molar-refractivity contribution in [3.63, 3.8) is 0 Å². The van der Waals surface area contributed by atoms with Crippen LogP contribution in [0.2, 0.25) is 31.7 Å². The molecule has 2 aromatic rings. The molecule has 0 unspecified atom stereocenters. The lowest BCUT2D eigenvalue weighted by atomic mass is 9.70. The molecule has 2 aromatic carbocycles. The van der Waals surface area contributed by atoms with Crippen molar-refractivity contribution in [1.29, 1.82) is 0 Å². The fourth-order valence-corrected chi connectivity index (χ4v) is 11.9. The van der Waals surface area contributed by atoms with Crippen molar-refractivity contribution >= 4 is 33.9 Å². The van der Waals surface area contributed by atoms with E-state index >= 15 is 0 Å². The maximum absolute atomic E-state index is 6.83. The molecule has 0 saturated carbocycles. The van der Waals surface area contributed by atoms with Crippen molar-refractivity contribution in [1.82, 2.24) is 0 Å². The van der Waals surface area contributed by atoms with Crippen LogP contribution < -0.4 is 10.4 Å². The Morgan fingerprint density at radius 1 is 0.857 bits per heavy atom. The Morgan fingerprint density at radius 3 is 1.74 bits per heavy atom. The fraction of sp³-hybridized carbons (Fsp3) is 0.517. The lowest BCUT2D eigenvalue weighted by Gasteiger charge is -2.46. The van der Waals surface area contributed by atoms with E-state index in [1.165, 1.54) is 10.4 Å². The van der Waals surface area contributed by atoms with Crippen LogP contribution in [0, 0.1) is 5.41 Å². The molecule has 1 aliphatic rings. The summed E-state index contributed by atoms with van der Waals surface area (Å²) in [5.41, 5.74) is 0.272.